The maximum Gasteiger partial charge on any atom is 0.126 e. The van der Waals surface area contributed by atoms with Gasteiger partial charge >= 0.3 is 0 Å². The fourth-order valence-electron chi connectivity index (χ4n) is 4.54. The minimum Gasteiger partial charge on any atom is -0.496 e. The first-order valence-corrected chi connectivity index (χ1v) is 11.0. The highest BCUT2D eigenvalue weighted by atomic mass is 19.1. The van der Waals surface area contributed by atoms with Crippen LogP contribution in [0.2, 0.25) is 0 Å². The Kier molecular flexibility index (Phi) is 6.58. The van der Waals surface area contributed by atoms with Gasteiger partial charge < -0.3 is 14.5 Å². The maximum absolute atomic E-state index is 13.6. The zero-order valence-electron chi connectivity index (χ0n) is 17.9. The molecule has 5 heteroatoms. The number of H-pyrrole nitrogens is 1. The van der Waals surface area contributed by atoms with Crippen LogP contribution in [0.4, 0.5) is 4.39 Å². The highest BCUT2D eigenvalue weighted by Gasteiger charge is 2.27. The number of methoxy groups -OCH3 is 1. The standard InChI is InChI=1S/C25H31FN2O2/c1-3-12-28(20-15-22-24(29-2)8-6-9-25(22)30-17-20)13-5-4-7-18-16-27-23-11-10-19(26)14-21(18)23/h6,8-11,14,16,20,27H,3-5,7,12-13,15,17H2,1-2H3. The van der Waals surface area contributed by atoms with Crippen LogP contribution in [-0.2, 0) is 12.8 Å². The lowest BCUT2D eigenvalue weighted by atomic mass is 9.99. The summed E-state index contributed by atoms with van der Waals surface area (Å²) in [5.74, 6) is 1.69. The van der Waals surface area contributed by atoms with Gasteiger partial charge in [0.05, 0.1) is 7.11 Å². The van der Waals surface area contributed by atoms with Crippen LogP contribution in [0.3, 0.4) is 0 Å². The zero-order valence-corrected chi connectivity index (χ0v) is 17.9. The van der Waals surface area contributed by atoms with Gasteiger partial charge in [0.1, 0.15) is 23.9 Å². The van der Waals surface area contributed by atoms with Crippen LogP contribution in [0.5, 0.6) is 11.5 Å². The molecule has 30 heavy (non-hydrogen) atoms. The SMILES string of the molecule is CCCN(CCCCc1c[nH]c2ccc(F)cc12)C1COc2cccc(OC)c2C1. The van der Waals surface area contributed by atoms with E-state index in [9.17, 15) is 4.39 Å². The highest BCUT2D eigenvalue weighted by Crippen LogP contribution is 2.34. The molecule has 0 spiro atoms. The monoisotopic (exact) mass is 410 g/mol. The molecule has 0 amide bonds. The summed E-state index contributed by atoms with van der Waals surface area (Å²) < 4.78 is 25.2. The Balaban J connectivity index is 1.35. The average Bonchev–Trinajstić information content (AvgIpc) is 3.17. The van der Waals surface area contributed by atoms with E-state index >= 15 is 0 Å². The molecule has 1 aliphatic rings. The van der Waals surface area contributed by atoms with Crippen molar-refractivity contribution in [1.29, 1.82) is 0 Å². The van der Waals surface area contributed by atoms with E-state index in [1.54, 1.807) is 13.2 Å². The molecule has 0 aliphatic carbocycles. The number of hydrogen-bond donors (Lipinski definition) is 1. The summed E-state index contributed by atoms with van der Waals surface area (Å²) >= 11 is 0. The molecular formula is C25H31FN2O2. The number of aromatic amines is 1. The van der Waals surface area contributed by atoms with E-state index in [0.717, 1.165) is 74.2 Å². The molecule has 0 saturated heterocycles. The maximum atomic E-state index is 13.6. The quantitative estimate of drug-likeness (QED) is 0.483. The van der Waals surface area contributed by atoms with Crippen LogP contribution in [0.15, 0.2) is 42.6 Å². The van der Waals surface area contributed by atoms with Crippen LogP contribution in [-0.4, -0.2) is 42.7 Å². The Morgan fingerprint density at radius 3 is 2.93 bits per heavy atom. The minimum atomic E-state index is -0.175. The van der Waals surface area contributed by atoms with Crippen LogP contribution >= 0.6 is 0 Å². The number of benzene rings is 2. The molecule has 4 nitrogen and oxygen atoms in total. The second-order valence-electron chi connectivity index (χ2n) is 8.10. The third kappa shape index (κ3) is 4.46. The molecule has 160 valence electrons. The fourth-order valence-corrected chi connectivity index (χ4v) is 4.54. The number of unbranched alkanes of at least 4 members (excludes halogenated alkanes) is 1. The smallest absolute Gasteiger partial charge is 0.126 e. The number of nitrogens with one attached hydrogen (secondary N) is 1. The predicted molar refractivity (Wildman–Crippen MR) is 119 cm³/mol. The van der Waals surface area contributed by atoms with Crippen LogP contribution in [0.1, 0.15) is 37.3 Å². The van der Waals surface area contributed by atoms with Gasteiger partial charge in [-0.3, -0.25) is 4.90 Å². The van der Waals surface area contributed by atoms with Gasteiger partial charge in [-0.25, -0.2) is 4.39 Å². The van der Waals surface area contributed by atoms with E-state index in [1.165, 1.54) is 17.2 Å². The van der Waals surface area contributed by atoms with Crippen LogP contribution in [0.25, 0.3) is 10.9 Å². The molecule has 3 aromatic rings. The van der Waals surface area contributed by atoms with Crippen molar-refractivity contribution in [3.05, 3.63) is 59.5 Å². The lowest BCUT2D eigenvalue weighted by Gasteiger charge is -2.35. The molecule has 0 radical (unpaired) electrons. The summed E-state index contributed by atoms with van der Waals surface area (Å²) in [6.45, 7) is 5.06. The van der Waals surface area contributed by atoms with Crippen LogP contribution in [0, 0.1) is 5.82 Å². The third-order valence-electron chi connectivity index (χ3n) is 6.08. The summed E-state index contributed by atoms with van der Waals surface area (Å²) in [7, 11) is 1.72. The largest absolute Gasteiger partial charge is 0.496 e. The zero-order chi connectivity index (χ0) is 20.9. The Bertz CT molecular complexity index is 970. The third-order valence-corrected chi connectivity index (χ3v) is 6.08. The molecule has 1 atom stereocenters. The second-order valence-corrected chi connectivity index (χ2v) is 8.10. The van der Waals surface area contributed by atoms with E-state index < -0.39 is 0 Å². The van der Waals surface area contributed by atoms with Gasteiger partial charge in [0.15, 0.2) is 0 Å². The second kappa shape index (κ2) is 9.52. The minimum absolute atomic E-state index is 0.175. The molecule has 1 N–H and O–H groups in total. The van der Waals surface area contributed by atoms with E-state index in [1.807, 2.05) is 30.5 Å². The van der Waals surface area contributed by atoms with Crippen molar-refractivity contribution in [3.63, 3.8) is 0 Å². The lowest BCUT2D eigenvalue weighted by molar-refractivity contribution is 0.116. The van der Waals surface area contributed by atoms with Gasteiger partial charge in [-0.2, -0.15) is 0 Å². The van der Waals surface area contributed by atoms with E-state index in [4.69, 9.17) is 9.47 Å². The van der Waals surface area contributed by atoms with Crippen molar-refractivity contribution in [3.8, 4) is 11.5 Å². The van der Waals surface area contributed by atoms with Gasteiger partial charge in [0.2, 0.25) is 0 Å². The number of fused-ring (bicyclic) bond motifs is 2. The van der Waals surface area contributed by atoms with Gasteiger partial charge in [0.25, 0.3) is 0 Å². The van der Waals surface area contributed by atoms with Crippen molar-refractivity contribution in [2.75, 3.05) is 26.8 Å². The summed E-state index contributed by atoms with van der Waals surface area (Å²) in [6, 6.07) is 11.3. The Labute approximate surface area is 178 Å². The molecule has 1 aromatic heterocycles. The van der Waals surface area contributed by atoms with Gasteiger partial charge in [-0.1, -0.05) is 13.0 Å². The molecule has 1 aliphatic heterocycles. The van der Waals surface area contributed by atoms with Crippen molar-refractivity contribution < 1.29 is 13.9 Å². The Morgan fingerprint density at radius 1 is 1.20 bits per heavy atom. The van der Waals surface area contributed by atoms with Crippen molar-refractivity contribution in [1.82, 2.24) is 9.88 Å². The van der Waals surface area contributed by atoms with Crippen molar-refractivity contribution in [2.45, 2.75) is 45.1 Å². The summed E-state index contributed by atoms with van der Waals surface area (Å²) in [5, 5.41) is 1.00. The molecule has 2 aromatic carbocycles. The number of halogens is 1. The average molecular weight is 411 g/mol. The first-order valence-electron chi connectivity index (χ1n) is 11.0. The first-order chi connectivity index (χ1) is 14.7. The Hall–Kier alpha value is -2.53. The van der Waals surface area contributed by atoms with Crippen molar-refractivity contribution >= 4 is 10.9 Å². The molecular weight excluding hydrogens is 379 g/mol. The van der Waals surface area contributed by atoms with Gasteiger partial charge in [0, 0.05) is 28.7 Å². The van der Waals surface area contributed by atoms with E-state index in [0.29, 0.717) is 6.04 Å². The summed E-state index contributed by atoms with van der Waals surface area (Å²) in [6.07, 6.45) is 7.25. The van der Waals surface area contributed by atoms with E-state index in [-0.39, 0.29) is 5.82 Å². The van der Waals surface area contributed by atoms with Gasteiger partial charge in [-0.05, 0) is 81.1 Å². The van der Waals surface area contributed by atoms with E-state index in [2.05, 4.69) is 16.8 Å². The molecule has 1 unspecified atom stereocenters. The molecule has 4 rings (SSSR count). The lowest BCUT2D eigenvalue weighted by Crippen LogP contribution is -2.44. The fraction of sp³-hybridized carbons (Fsp3) is 0.440. The predicted octanol–water partition coefficient (Wildman–Crippen LogP) is 5.35. The van der Waals surface area contributed by atoms with Crippen LogP contribution < -0.4 is 9.47 Å². The number of aromatic nitrogens is 1. The number of hydrogen-bond acceptors (Lipinski definition) is 3. The highest BCUT2D eigenvalue weighted by molar-refractivity contribution is 5.83. The molecule has 0 saturated carbocycles. The van der Waals surface area contributed by atoms with Crippen molar-refractivity contribution in [2.24, 2.45) is 0 Å². The number of nitrogens with zero attached hydrogens (tertiary/aromatic N) is 1. The molecule has 0 bridgehead atoms. The van der Waals surface area contributed by atoms with Gasteiger partial charge in [-0.15, -0.1) is 0 Å². The molecule has 0 fully saturated rings. The number of rotatable bonds is 9. The topological polar surface area (TPSA) is 37.5 Å². The Morgan fingerprint density at radius 2 is 2.10 bits per heavy atom. The first kappa shape index (κ1) is 20.7. The number of aryl methyl sites for hydroxylation is 1. The summed E-state index contributed by atoms with van der Waals surface area (Å²) in [4.78, 5) is 5.81. The normalized spacial score (nSPS) is 15.9. The number of ether oxygens (including phenoxy) is 2. The summed E-state index contributed by atoms with van der Waals surface area (Å²) in [5.41, 5.74) is 3.38. The molecule has 2 heterocycles.